The van der Waals surface area contributed by atoms with Gasteiger partial charge in [0.05, 0.1) is 12.2 Å². The van der Waals surface area contributed by atoms with E-state index in [1.54, 1.807) is 4.90 Å². The highest BCUT2D eigenvalue weighted by Crippen LogP contribution is 2.37. The molecule has 0 radical (unpaired) electrons. The Morgan fingerprint density at radius 1 is 0.966 bits per heavy atom. The second-order valence-electron chi connectivity index (χ2n) is 8.65. The van der Waals surface area contributed by atoms with Crippen molar-refractivity contribution in [2.24, 2.45) is 5.92 Å². The van der Waals surface area contributed by atoms with E-state index in [2.05, 4.69) is 11.8 Å². The van der Waals surface area contributed by atoms with E-state index in [1.165, 1.54) is 12.8 Å². The molecule has 3 aliphatic rings. The highest BCUT2D eigenvalue weighted by Gasteiger charge is 2.45. The molecule has 1 saturated carbocycles. The summed E-state index contributed by atoms with van der Waals surface area (Å²) in [4.78, 5) is 30.9. The van der Waals surface area contributed by atoms with Crippen LogP contribution in [0, 0.1) is 5.92 Å². The fourth-order valence-electron chi connectivity index (χ4n) is 5.04. The molecular formula is C24H32N2O3. The number of rotatable bonds is 5. The van der Waals surface area contributed by atoms with Crippen LogP contribution in [0.3, 0.4) is 0 Å². The van der Waals surface area contributed by atoms with Gasteiger partial charge in [0.1, 0.15) is 11.4 Å². The van der Waals surface area contributed by atoms with Crippen LogP contribution in [0.5, 0.6) is 5.75 Å². The lowest BCUT2D eigenvalue weighted by Crippen LogP contribution is -2.44. The smallest absolute Gasteiger partial charge is 0.278 e. The van der Waals surface area contributed by atoms with Crippen molar-refractivity contribution in [3.8, 4) is 5.75 Å². The van der Waals surface area contributed by atoms with Gasteiger partial charge in [-0.25, -0.2) is 0 Å². The minimum Gasteiger partial charge on any atom is -0.494 e. The zero-order valence-electron chi connectivity index (χ0n) is 17.7. The van der Waals surface area contributed by atoms with Crippen molar-refractivity contribution >= 4 is 17.4 Å². The summed E-state index contributed by atoms with van der Waals surface area (Å²) in [6, 6.07) is 7.67. The maximum absolute atomic E-state index is 13.6. The van der Waals surface area contributed by atoms with E-state index in [-0.39, 0.29) is 17.9 Å². The standard InChI is InChI=1S/C24H32N2O3/c1-3-29-20-13-11-18(12-14-20)21-22(25-15-7-8-17(2)16-25)24(28)26(23(21)27)19-9-5-4-6-10-19/h11-14,17,19H,3-10,15-16H2,1-2H3. The first-order valence-electron chi connectivity index (χ1n) is 11.2. The molecule has 0 aromatic heterocycles. The third-order valence-electron chi connectivity index (χ3n) is 6.46. The second kappa shape index (κ2) is 8.60. The van der Waals surface area contributed by atoms with Crippen LogP contribution in [-0.2, 0) is 9.59 Å². The number of carbonyl (C=O) groups excluding carboxylic acids is 2. The number of carbonyl (C=O) groups is 2. The van der Waals surface area contributed by atoms with Crippen molar-refractivity contribution < 1.29 is 14.3 Å². The molecule has 1 aromatic rings. The van der Waals surface area contributed by atoms with Gasteiger partial charge in [-0.1, -0.05) is 38.3 Å². The van der Waals surface area contributed by atoms with Crippen LogP contribution in [0.4, 0.5) is 0 Å². The Balaban J connectivity index is 1.72. The third kappa shape index (κ3) is 3.92. The highest BCUT2D eigenvalue weighted by molar-refractivity contribution is 6.35. The number of benzene rings is 1. The molecule has 2 fully saturated rings. The predicted octanol–water partition coefficient (Wildman–Crippen LogP) is 4.23. The summed E-state index contributed by atoms with van der Waals surface area (Å²) in [5.41, 5.74) is 2.02. The van der Waals surface area contributed by atoms with E-state index in [0.717, 1.165) is 56.5 Å². The van der Waals surface area contributed by atoms with Crippen molar-refractivity contribution in [2.45, 2.75) is 64.8 Å². The van der Waals surface area contributed by atoms with Gasteiger partial charge in [0.25, 0.3) is 11.8 Å². The molecule has 5 heteroatoms. The number of ether oxygens (including phenoxy) is 1. The molecular weight excluding hydrogens is 364 g/mol. The summed E-state index contributed by atoms with van der Waals surface area (Å²) in [5, 5.41) is 0. The van der Waals surface area contributed by atoms with Gasteiger partial charge in [-0.15, -0.1) is 0 Å². The van der Waals surface area contributed by atoms with Crippen molar-refractivity contribution in [3.63, 3.8) is 0 Å². The molecule has 156 valence electrons. The van der Waals surface area contributed by atoms with Gasteiger partial charge in [-0.05, 0) is 56.2 Å². The molecule has 29 heavy (non-hydrogen) atoms. The lowest BCUT2D eigenvalue weighted by atomic mass is 9.94. The number of hydrogen-bond acceptors (Lipinski definition) is 4. The molecule has 1 saturated heterocycles. The normalized spacial score (nSPS) is 23.9. The Morgan fingerprint density at radius 2 is 1.69 bits per heavy atom. The molecule has 0 N–H and O–H groups in total. The Bertz CT molecular complexity index is 793. The van der Waals surface area contributed by atoms with Crippen molar-refractivity contribution in [1.82, 2.24) is 9.80 Å². The number of nitrogens with zero attached hydrogens (tertiary/aromatic N) is 2. The molecule has 1 aromatic carbocycles. The summed E-state index contributed by atoms with van der Waals surface area (Å²) < 4.78 is 5.56. The van der Waals surface area contributed by atoms with E-state index < -0.39 is 0 Å². The minimum absolute atomic E-state index is 0.0427. The molecule has 1 unspecified atom stereocenters. The van der Waals surface area contributed by atoms with Gasteiger partial charge in [0.15, 0.2) is 0 Å². The molecule has 2 amide bonds. The topological polar surface area (TPSA) is 49.9 Å². The van der Waals surface area contributed by atoms with E-state index in [1.807, 2.05) is 31.2 Å². The fraction of sp³-hybridized carbons (Fsp3) is 0.583. The Kier molecular flexibility index (Phi) is 5.93. The monoisotopic (exact) mass is 396 g/mol. The van der Waals surface area contributed by atoms with Gasteiger partial charge in [-0.3, -0.25) is 14.5 Å². The zero-order valence-corrected chi connectivity index (χ0v) is 17.7. The second-order valence-corrected chi connectivity index (χ2v) is 8.65. The molecule has 0 bridgehead atoms. The third-order valence-corrected chi connectivity index (χ3v) is 6.46. The molecule has 2 heterocycles. The van der Waals surface area contributed by atoms with Crippen molar-refractivity contribution in [1.29, 1.82) is 0 Å². The van der Waals surface area contributed by atoms with Crippen molar-refractivity contribution in [3.05, 3.63) is 35.5 Å². The predicted molar refractivity (Wildman–Crippen MR) is 113 cm³/mol. The van der Waals surface area contributed by atoms with Crippen LogP contribution in [0.2, 0.25) is 0 Å². The van der Waals surface area contributed by atoms with Gasteiger partial charge < -0.3 is 9.64 Å². The first-order chi connectivity index (χ1) is 14.1. The molecule has 0 spiro atoms. The molecule has 1 aliphatic carbocycles. The Labute approximate surface area is 173 Å². The van der Waals surface area contributed by atoms with Crippen LogP contribution >= 0.6 is 0 Å². The SMILES string of the molecule is CCOc1ccc(C2=C(N3CCCC(C)C3)C(=O)N(C3CCCCC3)C2=O)cc1. The van der Waals surface area contributed by atoms with E-state index in [0.29, 0.717) is 23.8 Å². The van der Waals surface area contributed by atoms with Gasteiger partial charge in [-0.2, -0.15) is 0 Å². The Hall–Kier alpha value is -2.30. The number of piperidine rings is 1. The van der Waals surface area contributed by atoms with Crippen LogP contribution in [-0.4, -0.2) is 47.4 Å². The quantitative estimate of drug-likeness (QED) is 0.699. The summed E-state index contributed by atoms with van der Waals surface area (Å²) in [5.74, 6) is 1.12. The number of imide groups is 1. The number of amides is 2. The minimum atomic E-state index is -0.112. The lowest BCUT2D eigenvalue weighted by molar-refractivity contribution is -0.141. The zero-order chi connectivity index (χ0) is 20.4. The van der Waals surface area contributed by atoms with E-state index >= 15 is 0 Å². The number of likely N-dealkylation sites (tertiary alicyclic amines) is 1. The van der Waals surface area contributed by atoms with Crippen LogP contribution in [0.25, 0.3) is 5.57 Å². The van der Waals surface area contributed by atoms with Crippen LogP contribution in [0.1, 0.15) is 64.4 Å². The summed E-state index contributed by atoms with van der Waals surface area (Å²) in [7, 11) is 0. The lowest BCUT2D eigenvalue weighted by Gasteiger charge is -2.34. The van der Waals surface area contributed by atoms with Gasteiger partial charge in [0.2, 0.25) is 0 Å². The molecule has 2 aliphatic heterocycles. The van der Waals surface area contributed by atoms with E-state index in [9.17, 15) is 9.59 Å². The summed E-state index contributed by atoms with van der Waals surface area (Å²) in [6.07, 6.45) is 7.48. The van der Waals surface area contributed by atoms with Gasteiger partial charge >= 0.3 is 0 Å². The van der Waals surface area contributed by atoms with Crippen LogP contribution in [0.15, 0.2) is 30.0 Å². The first-order valence-corrected chi connectivity index (χ1v) is 11.2. The van der Waals surface area contributed by atoms with Crippen LogP contribution < -0.4 is 4.74 Å². The molecule has 5 nitrogen and oxygen atoms in total. The van der Waals surface area contributed by atoms with Crippen molar-refractivity contribution in [2.75, 3.05) is 19.7 Å². The Morgan fingerprint density at radius 3 is 2.34 bits per heavy atom. The molecule has 1 atom stereocenters. The largest absolute Gasteiger partial charge is 0.494 e. The molecule has 4 rings (SSSR count). The maximum Gasteiger partial charge on any atom is 0.278 e. The average molecular weight is 397 g/mol. The van der Waals surface area contributed by atoms with E-state index in [4.69, 9.17) is 4.74 Å². The average Bonchev–Trinajstić information content (AvgIpc) is 2.99. The summed E-state index contributed by atoms with van der Waals surface area (Å²) in [6.45, 7) is 6.47. The van der Waals surface area contributed by atoms with Gasteiger partial charge in [0, 0.05) is 19.1 Å². The number of hydrogen-bond donors (Lipinski definition) is 0. The highest BCUT2D eigenvalue weighted by atomic mass is 16.5. The summed E-state index contributed by atoms with van der Waals surface area (Å²) >= 11 is 0. The fourth-order valence-corrected chi connectivity index (χ4v) is 5.04. The first kappa shape index (κ1) is 20.0. The maximum atomic E-state index is 13.6.